The molecule has 1 aliphatic rings. The molecular formula is C11H12ClF2NO. The largest absolute Gasteiger partial charge is 0.633 e. The lowest BCUT2D eigenvalue weighted by Gasteiger charge is -2.34. The summed E-state index contributed by atoms with van der Waals surface area (Å²) in [5, 5.41) is 11.7. The van der Waals surface area contributed by atoms with Gasteiger partial charge in [-0.15, -0.1) is 0 Å². The first-order valence-electron chi connectivity index (χ1n) is 5.02. The van der Waals surface area contributed by atoms with Crippen molar-refractivity contribution in [1.82, 2.24) is 0 Å². The number of hydrogen-bond acceptors (Lipinski definition) is 1. The molecule has 16 heavy (non-hydrogen) atoms. The predicted molar refractivity (Wildman–Crippen MR) is 58.1 cm³/mol. The van der Waals surface area contributed by atoms with E-state index in [-0.39, 0.29) is 30.1 Å². The van der Waals surface area contributed by atoms with E-state index in [0.29, 0.717) is 0 Å². The standard InChI is InChI=1S/C11H12ClF2NO/c1-15(16)5-4-11(14,7-15)9-3-2-8(13)6-10(9)12/h2-3,6H,4-5,7H2,1H3. The molecule has 2 nitrogen and oxygen atoms in total. The van der Waals surface area contributed by atoms with Gasteiger partial charge in [-0.1, -0.05) is 17.7 Å². The lowest BCUT2D eigenvalue weighted by Crippen LogP contribution is -2.37. The van der Waals surface area contributed by atoms with E-state index in [1.54, 1.807) is 0 Å². The number of rotatable bonds is 1. The quantitative estimate of drug-likeness (QED) is 0.553. The van der Waals surface area contributed by atoms with Crippen LogP contribution in [0.1, 0.15) is 12.0 Å². The Morgan fingerprint density at radius 1 is 1.50 bits per heavy atom. The van der Waals surface area contributed by atoms with Crippen molar-refractivity contribution < 1.29 is 13.4 Å². The predicted octanol–water partition coefficient (Wildman–Crippen LogP) is 2.99. The van der Waals surface area contributed by atoms with Gasteiger partial charge in [0.2, 0.25) is 0 Å². The highest BCUT2D eigenvalue weighted by molar-refractivity contribution is 6.31. The molecule has 0 N–H and O–H groups in total. The van der Waals surface area contributed by atoms with Crippen molar-refractivity contribution in [1.29, 1.82) is 0 Å². The van der Waals surface area contributed by atoms with E-state index >= 15 is 0 Å². The van der Waals surface area contributed by atoms with Crippen molar-refractivity contribution in [2.45, 2.75) is 12.1 Å². The first-order valence-corrected chi connectivity index (χ1v) is 5.40. The van der Waals surface area contributed by atoms with Crippen LogP contribution in [0.4, 0.5) is 8.78 Å². The Hall–Kier alpha value is -0.710. The lowest BCUT2D eigenvalue weighted by molar-refractivity contribution is -0.850. The molecule has 2 atom stereocenters. The number of hydroxylamine groups is 3. The Morgan fingerprint density at radius 3 is 2.69 bits per heavy atom. The third-order valence-corrected chi connectivity index (χ3v) is 3.29. The summed E-state index contributed by atoms with van der Waals surface area (Å²) in [7, 11) is 1.43. The lowest BCUT2D eigenvalue weighted by atomic mass is 9.95. The zero-order valence-corrected chi connectivity index (χ0v) is 9.60. The van der Waals surface area contributed by atoms with Gasteiger partial charge in [0.05, 0.1) is 18.6 Å². The van der Waals surface area contributed by atoms with Gasteiger partial charge >= 0.3 is 0 Å². The maximum atomic E-state index is 14.5. The highest BCUT2D eigenvalue weighted by Gasteiger charge is 2.46. The van der Waals surface area contributed by atoms with Crippen LogP contribution in [0.3, 0.4) is 0 Å². The van der Waals surface area contributed by atoms with Crippen molar-refractivity contribution in [3.8, 4) is 0 Å². The molecule has 0 spiro atoms. The molecule has 0 radical (unpaired) electrons. The van der Waals surface area contributed by atoms with Crippen molar-refractivity contribution >= 4 is 11.6 Å². The highest BCUT2D eigenvalue weighted by atomic mass is 35.5. The number of hydrogen-bond donors (Lipinski definition) is 0. The van der Waals surface area contributed by atoms with E-state index in [9.17, 15) is 14.0 Å². The molecule has 1 fully saturated rings. The number of nitrogens with zero attached hydrogens (tertiary/aromatic N) is 1. The molecule has 1 aliphatic heterocycles. The maximum absolute atomic E-state index is 14.5. The number of alkyl halides is 1. The van der Waals surface area contributed by atoms with Crippen LogP contribution in [0.5, 0.6) is 0 Å². The van der Waals surface area contributed by atoms with Crippen LogP contribution in [0.15, 0.2) is 18.2 Å². The zero-order chi connectivity index (χ0) is 12.0. The Balaban J connectivity index is 2.38. The molecule has 1 aromatic rings. The van der Waals surface area contributed by atoms with Gasteiger partial charge in [-0.05, 0) is 12.1 Å². The average molecular weight is 248 g/mol. The monoisotopic (exact) mass is 247 g/mol. The number of likely N-dealkylation sites (N-methyl/N-ethyl adjacent to an activating group) is 1. The summed E-state index contributed by atoms with van der Waals surface area (Å²) in [6.07, 6.45) is 0.123. The fourth-order valence-corrected chi connectivity index (χ4v) is 2.51. The van der Waals surface area contributed by atoms with Gasteiger partial charge < -0.3 is 9.85 Å². The first kappa shape index (κ1) is 11.8. The van der Waals surface area contributed by atoms with E-state index in [0.717, 1.165) is 12.1 Å². The first-order chi connectivity index (χ1) is 7.32. The molecule has 0 aromatic heterocycles. The third kappa shape index (κ3) is 2.05. The smallest absolute Gasteiger partial charge is 0.191 e. The average Bonchev–Trinajstić information content (AvgIpc) is 2.41. The van der Waals surface area contributed by atoms with Crippen LogP contribution < -0.4 is 0 Å². The van der Waals surface area contributed by atoms with E-state index in [4.69, 9.17) is 11.6 Å². The summed E-state index contributed by atoms with van der Waals surface area (Å²) in [6, 6.07) is 3.56. The Bertz CT molecular complexity index is 424. The summed E-state index contributed by atoms with van der Waals surface area (Å²) >= 11 is 5.80. The molecule has 0 amide bonds. The summed E-state index contributed by atoms with van der Waals surface area (Å²) in [5.74, 6) is -0.505. The van der Waals surface area contributed by atoms with Gasteiger partial charge in [0, 0.05) is 12.0 Å². The maximum Gasteiger partial charge on any atom is 0.191 e. The van der Waals surface area contributed by atoms with Crippen molar-refractivity contribution in [3.05, 3.63) is 39.8 Å². The number of quaternary nitrogens is 1. The summed E-state index contributed by atoms with van der Waals surface area (Å²) in [4.78, 5) is 0. The molecule has 1 heterocycles. The summed E-state index contributed by atoms with van der Waals surface area (Å²) < 4.78 is 26.7. The minimum atomic E-state index is -1.73. The van der Waals surface area contributed by atoms with E-state index < -0.39 is 16.1 Å². The topological polar surface area (TPSA) is 23.1 Å². The Kier molecular flexibility index (Phi) is 2.69. The Labute approximate surface area is 97.6 Å². The van der Waals surface area contributed by atoms with Gasteiger partial charge in [-0.3, -0.25) is 0 Å². The highest BCUT2D eigenvalue weighted by Crippen LogP contribution is 2.41. The number of benzene rings is 1. The molecule has 5 heteroatoms. The van der Waals surface area contributed by atoms with Crippen LogP contribution in [-0.2, 0) is 5.67 Å². The molecule has 88 valence electrons. The van der Waals surface area contributed by atoms with Gasteiger partial charge in [0.1, 0.15) is 12.4 Å². The fraction of sp³-hybridized carbons (Fsp3) is 0.455. The van der Waals surface area contributed by atoms with Gasteiger partial charge in [0.25, 0.3) is 0 Å². The molecule has 0 bridgehead atoms. The summed E-state index contributed by atoms with van der Waals surface area (Å²) in [5.41, 5.74) is -1.52. The third-order valence-electron chi connectivity index (χ3n) is 2.98. The van der Waals surface area contributed by atoms with Gasteiger partial charge in [-0.2, -0.15) is 0 Å². The van der Waals surface area contributed by atoms with Crippen molar-refractivity contribution in [3.63, 3.8) is 0 Å². The van der Waals surface area contributed by atoms with Crippen molar-refractivity contribution in [2.75, 3.05) is 20.1 Å². The fourth-order valence-electron chi connectivity index (χ4n) is 2.17. The Morgan fingerprint density at radius 2 is 2.19 bits per heavy atom. The molecular weight excluding hydrogens is 236 g/mol. The number of halogens is 3. The SMILES string of the molecule is C[N+]1([O-])CCC(F)(c2ccc(F)cc2Cl)C1. The van der Waals surface area contributed by atoms with E-state index in [1.807, 2.05) is 0 Å². The molecule has 1 aromatic carbocycles. The normalized spacial score (nSPS) is 34.3. The minimum absolute atomic E-state index is 0.0457. The van der Waals surface area contributed by atoms with Crippen LogP contribution in [0.25, 0.3) is 0 Å². The summed E-state index contributed by atoms with van der Waals surface area (Å²) in [6.45, 7) is 0.0442. The second kappa shape index (κ2) is 3.65. The van der Waals surface area contributed by atoms with Crippen molar-refractivity contribution in [2.24, 2.45) is 0 Å². The minimum Gasteiger partial charge on any atom is -0.633 e. The second-order valence-corrected chi connectivity index (χ2v) is 4.93. The zero-order valence-electron chi connectivity index (χ0n) is 8.84. The van der Waals surface area contributed by atoms with Gasteiger partial charge in [0.15, 0.2) is 5.67 Å². The molecule has 2 unspecified atom stereocenters. The van der Waals surface area contributed by atoms with E-state index in [1.165, 1.54) is 13.1 Å². The van der Waals surface area contributed by atoms with Crippen LogP contribution in [0, 0.1) is 11.0 Å². The molecule has 2 rings (SSSR count). The van der Waals surface area contributed by atoms with Gasteiger partial charge in [-0.25, -0.2) is 8.78 Å². The van der Waals surface area contributed by atoms with Crippen LogP contribution in [-0.4, -0.2) is 24.8 Å². The molecule has 0 saturated carbocycles. The van der Waals surface area contributed by atoms with E-state index in [2.05, 4.69) is 0 Å². The van der Waals surface area contributed by atoms with Crippen LogP contribution >= 0.6 is 11.6 Å². The molecule has 0 aliphatic carbocycles. The number of likely N-dealkylation sites (tertiary alicyclic amines) is 1. The second-order valence-electron chi connectivity index (χ2n) is 4.52. The van der Waals surface area contributed by atoms with Crippen LogP contribution in [0.2, 0.25) is 5.02 Å². The molecule has 1 saturated heterocycles.